The van der Waals surface area contributed by atoms with Crippen LogP contribution in [-0.4, -0.2) is 130 Å². The summed E-state index contributed by atoms with van der Waals surface area (Å²) in [4.78, 5) is 83.5. The van der Waals surface area contributed by atoms with Crippen LogP contribution in [0.15, 0.2) is 91.0 Å². The van der Waals surface area contributed by atoms with Crippen LogP contribution in [0.3, 0.4) is 0 Å². The van der Waals surface area contributed by atoms with E-state index in [1.165, 1.54) is 40.3 Å². The van der Waals surface area contributed by atoms with E-state index < -0.39 is 59.8 Å². The molecule has 388 valence electrons. The number of ether oxygens (including phenoxy) is 2. The predicted molar refractivity (Wildman–Crippen MR) is 271 cm³/mol. The van der Waals surface area contributed by atoms with E-state index in [-0.39, 0.29) is 60.5 Å². The van der Waals surface area contributed by atoms with Crippen molar-refractivity contribution in [1.29, 1.82) is 0 Å². The molecule has 1 saturated carbocycles. The number of phenols is 2. The topological polar surface area (TPSA) is 250 Å². The maximum Gasteiger partial charge on any atom is 0.326 e. The smallest absolute Gasteiger partial charge is 0.326 e. The van der Waals surface area contributed by atoms with Gasteiger partial charge in [0.1, 0.15) is 35.7 Å². The predicted octanol–water partition coefficient (Wildman–Crippen LogP) is 3.96. The summed E-state index contributed by atoms with van der Waals surface area (Å²) in [7, 11) is 3.91. The number of rotatable bonds is 17. The number of aromatic hydroxyl groups is 2. The summed E-state index contributed by atoms with van der Waals surface area (Å²) in [6, 6.07) is 20.8. The van der Waals surface area contributed by atoms with Crippen molar-refractivity contribution in [2.75, 3.05) is 27.2 Å². The highest BCUT2D eigenvalue weighted by Gasteiger charge is 2.65. The molecule has 17 heteroatoms. The van der Waals surface area contributed by atoms with Crippen molar-refractivity contribution in [2.45, 2.75) is 126 Å². The Morgan fingerprint density at radius 3 is 2.10 bits per heavy atom. The number of phenolic OH excluding ortho intramolecular Hbond substituents is 2. The summed E-state index contributed by atoms with van der Waals surface area (Å²) < 4.78 is 11.8. The molecule has 4 aromatic carbocycles. The van der Waals surface area contributed by atoms with Gasteiger partial charge in [0.25, 0.3) is 0 Å². The van der Waals surface area contributed by atoms with E-state index in [1.54, 1.807) is 50.4 Å². The van der Waals surface area contributed by atoms with Crippen LogP contribution < -0.4 is 31.2 Å². The number of hydrogen-bond acceptors (Lipinski definition) is 12. The lowest BCUT2D eigenvalue weighted by Gasteiger charge is -2.57. The molecule has 0 aromatic heterocycles. The third kappa shape index (κ3) is 11.0. The lowest BCUT2D eigenvalue weighted by molar-refractivity contribution is -0.146. The fourth-order valence-electron chi connectivity index (χ4n) is 11.8. The quantitative estimate of drug-likeness (QED) is 0.0793. The lowest BCUT2D eigenvalue weighted by Crippen LogP contribution is -2.65. The fraction of sp³-hybridized carbons (Fsp3) is 0.464. The van der Waals surface area contributed by atoms with Crippen molar-refractivity contribution in [1.82, 2.24) is 25.8 Å². The highest BCUT2D eigenvalue weighted by Crippen LogP contribution is 2.63. The molecule has 2 saturated heterocycles. The van der Waals surface area contributed by atoms with Crippen LogP contribution in [0.4, 0.5) is 0 Å². The number of hydrogen-bond donors (Lipinski definition) is 7. The first kappa shape index (κ1) is 52.3. The number of likely N-dealkylation sites (N-methyl/N-ethyl adjacent to an activating group) is 1. The highest BCUT2D eigenvalue weighted by atomic mass is 16.5. The number of carboxylic acids is 1. The number of nitrogens with zero attached hydrogens (tertiary/aromatic N) is 2. The average Bonchev–Trinajstić information content (AvgIpc) is 4.02. The molecule has 8 N–H and O–H groups in total. The SMILES string of the molecule is CC[C@H](C)[C@H](NC(=O)[C@@H]1CCCN1C(=O)[C@H](Cc1ccccc1)NC(=O)[C@H](Cc1ccc(O)cc1)NC(=O)[C@@H](N)Cc1ccc(O)cc1)C(=O)O.COc1ccc2c3c1O[C@H]1C(=O)CC[C@H]4[C@@H](C2)N(C)CC[C@]314. The van der Waals surface area contributed by atoms with Crippen LogP contribution in [0.2, 0.25) is 0 Å². The number of nitrogens with one attached hydrogen (secondary N) is 3. The second-order valence-corrected chi connectivity index (χ2v) is 20.3. The molecule has 17 nitrogen and oxygen atoms in total. The third-order valence-corrected chi connectivity index (χ3v) is 15.8. The van der Waals surface area contributed by atoms with Crippen LogP contribution in [0.1, 0.15) is 80.2 Å². The Morgan fingerprint density at radius 1 is 0.822 bits per heavy atom. The van der Waals surface area contributed by atoms with Gasteiger partial charge in [0.2, 0.25) is 23.6 Å². The Kier molecular flexibility index (Phi) is 16.1. The van der Waals surface area contributed by atoms with E-state index in [9.17, 15) is 44.1 Å². The molecule has 1 spiro atoms. The van der Waals surface area contributed by atoms with E-state index in [1.807, 2.05) is 31.2 Å². The van der Waals surface area contributed by atoms with E-state index in [2.05, 4.69) is 34.0 Å². The number of carboxylic acid groups (broad SMARTS) is 1. The van der Waals surface area contributed by atoms with Gasteiger partial charge in [-0.1, -0.05) is 80.9 Å². The number of carbonyl (C=O) groups is 6. The maximum atomic E-state index is 14.2. The molecule has 4 aromatic rings. The highest BCUT2D eigenvalue weighted by molar-refractivity contribution is 5.96. The molecule has 0 unspecified atom stereocenters. The number of aliphatic carboxylic acids is 1. The number of piperidine rings is 1. The van der Waals surface area contributed by atoms with Crippen molar-refractivity contribution >= 4 is 35.4 Å². The Balaban J connectivity index is 0.000000263. The van der Waals surface area contributed by atoms with Crippen molar-refractivity contribution in [3.8, 4) is 23.0 Å². The molecule has 0 radical (unpaired) electrons. The van der Waals surface area contributed by atoms with Crippen molar-refractivity contribution < 1.29 is 53.6 Å². The van der Waals surface area contributed by atoms with Crippen LogP contribution in [0.25, 0.3) is 0 Å². The summed E-state index contributed by atoms with van der Waals surface area (Å²) in [6.45, 7) is 4.84. The van der Waals surface area contributed by atoms with E-state index in [0.29, 0.717) is 48.8 Å². The van der Waals surface area contributed by atoms with Crippen LogP contribution >= 0.6 is 0 Å². The molecule has 3 heterocycles. The normalized spacial score (nSPS) is 23.5. The van der Waals surface area contributed by atoms with Crippen LogP contribution in [0, 0.1) is 11.8 Å². The van der Waals surface area contributed by atoms with Crippen molar-refractivity contribution in [3.05, 3.63) is 119 Å². The minimum absolute atomic E-state index is 0.0109. The molecular formula is C56H68N6O11. The standard InChI is InChI=1S/C38H47N5O8.C18H21NO3/c1-3-23(2)33(38(50)51)42-36(48)32-10-7-19-43(32)37(49)31(22-24-8-5-4-6-9-24)41-35(47)30(21-26-13-17-28(45)18-14-26)40-34(46)29(39)20-25-11-15-27(44)16-12-25;1-19-8-7-18-11-4-5-13(20)17(18)22-16-14(21-2)6-3-10(15(16)18)9-12(11)19/h4-6,8-9,11-18,23,29-33,44-45H,3,7,10,19-22,39H2,1-2H3,(H,40,46)(H,41,47)(H,42,48)(H,50,51);3,6,11-12,17H,4-5,7-9H2,1-2H3/t23-,29-,30-,31-,32-,33-;11-,12+,17-,18-/m00/s1. The van der Waals surface area contributed by atoms with Gasteiger partial charge in [-0.05, 0) is 117 Å². The zero-order chi connectivity index (χ0) is 52.1. The number of amides is 4. The number of ketones is 1. The van der Waals surface area contributed by atoms with Crippen molar-refractivity contribution in [2.24, 2.45) is 17.6 Å². The summed E-state index contributed by atoms with van der Waals surface area (Å²) in [5, 5.41) is 37.3. The molecular weight excluding hydrogens is 933 g/mol. The molecule has 3 aliphatic heterocycles. The number of Topliss-reactive ketones (excluding diaryl/α,β-unsaturated/α-hetero) is 1. The number of nitrogens with two attached hydrogens (primary N) is 1. The monoisotopic (exact) mass is 1000 g/mol. The first-order chi connectivity index (χ1) is 35.0. The summed E-state index contributed by atoms with van der Waals surface area (Å²) in [5.41, 5.74) is 10.9. The summed E-state index contributed by atoms with van der Waals surface area (Å²) >= 11 is 0. The zero-order valence-corrected chi connectivity index (χ0v) is 41.9. The van der Waals surface area contributed by atoms with Gasteiger partial charge >= 0.3 is 5.97 Å². The van der Waals surface area contributed by atoms with Gasteiger partial charge in [-0.2, -0.15) is 0 Å². The molecule has 2 bridgehead atoms. The molecule has 5 aliphatic rings. The maximum absolute atomic E-state index is 14.2. The lowest BCUT2D eigenvalue weighted by atomic mass is 9.52. The number of benzene rings is 4. The average molecular weight is 1000 g/mol. The second-order valence-electron chi connectivity index (χ2n) is 20.3. The number of methoxy groups -OCH3 is 1. The first-order valence-corrected chi connectivity index (χ1v) is 25.4. The van der Waals surface area contributed by atoms with Gasteiger partial charge in [0, 0.05) is 42.8 Å². The van der Waals surface area contributed by atoms with E-state index in [0.717, 1.165) is 42.9 Å². The van der Waals surface area contributed by atoms with Gasteiger partial charge < -0.3 is 56.3 Å². The Hall–Kier alpha value is -6.98. The Morgan fingerprint density at radius 2 is 1.45 bits per heavy atom. The van der Waals surface area contributed by atoms with Gasteiger partial charge in [-0.3, -0.25) is 24.0 Å². The molecule has 9 rings (SSSR count). The molecule has 10 atom stereocenters. The van der Waals surface area contributed by atoms with Gasteiger partial charge in [-0.25, -0.2) is 4.79 Å². The van der Waals surface area contributed by atoms with Gasteiger partial charge in [-0.15, -0.1) is 0 Å². The van der Waals surface area contributed by atoms with Crippen LogP contribution in [-0.2, 0) is 59.9 Å². The Bertz CT molecular complexity index is 2670. The third-order valence-electron chi connectivity index (χ3n) is 15.8. The largest absolute Gasteiger partial charge is 0.508 e. The number of likely N-dealkylation sites (tertiary alicyclic amines) is 2. The van der Waals surface area contributed by atoms with E-state index >= 15 is 0 Å². The molecule has 4 amide bonds. The molecule has 3 fully saturated rings. The fourth-order valence-corrected chi connectivity index (χ4v) is 11.8. The second kappa shape index (κ2) is 22.4. The summed E-state index contributed by atoms with van der Waals surface area (Å²) in [6.07, 6.45) is 5.06. The van der Waals surface area contributed by atoms with E-state index in [4.69, 9.17) is 15.2 Å². The van der Waals surface area contributed by atoms with Crippen molar-refractivity contribution in [3.63, 3.8) is 0 Å². The molecule has 73 heavy (non-hydrogen) atoms. The zero-order valence-electron chi connectivity index (χ0n) is 41.9. The Labute approximate surface area is 425 Å². The minimum atomic E-state index is -1.18. The first-order valence-electron chi connectivity index (χ1n) is 25.4. The van der Waals surface area contributed by atoms with Gasteiger partial charge in [0.15, 0.2) is 23.4 Å². The number of carbonyl (C=O) groups excluding carboxylic acids is 5. The van der Waals surface area contributed by atoms with Gasteiger partial charge in [0.05, 0.1) is 13.2 Å². The summed E-state index contributed by atoms with van der Waals surface area (Å²) in [5.74, 6) is -1.30. The minimum Gasteiger partial charge on any atom is -0.508 e. The molecule has 2 aliphatic carbocycles. The van der Waals surface area contributed by atoms with Crippen LogP contribution in [0.5, 0.6) is 23.0 Å².